The minimum absolute atomic E-state index is 0.0653. The Morgan fingerprint density at radius 3 is 2.61 bits per heavy atom. The first-order chi connectivity index (χ1) is 14.8. The molecule has 164 valence electrons. The maximum Gasteiger partial charge on any atom is 0.338 e. The van der Waals surface area contributed by atoms with Gasteiger partial charge >= 0.3 is 5.97 Å². The van der Waals surface area contributed by atoms with Crippen molar-refractivity contribution in [3.05, 3.63) is 52.6 Å². The smallest absolute Gasteiger partial charge is 0.338 e. The number of aryl methyl sites for hydroxylation is 1. The summed E-state index contributed by atoms with van der Waals surface area (Å²) in [6.45, 7) is 2.99. The van der Waals surface area contributed by atoms with Crippen LogP contribution in [0, 0.1) is 6.92 Å². The molecule has 10 heteroatoms. The van der Waals surface area contributed by atoms with Crippen molar-refractivity contribution in [3.63, 3.8) is 0 Å². The molecule has 1 aliphatic heterocycles. The lowest BCUT2D eigenvalue weighted by Crippen LogP contribution is -2.50. The van der Waals surface area contributed by atoms with Gasteiger partial charge in [0.1, 0.15) is 9.79 Å². The number of amides is 1. The molecule has 3 aromatic rings. The van der Waals surface area contributed by atoms with Crippen LogP contribution in [0.15, 0.2) is 44.5 Å². The molecule has 0 aliphatic carbocycles. The number of sulfonamides is 1. The van der Waals surface area contributed by atoms with Crippen LogP contribution in [-0.2, 0) is 26.0 Å². The lowest BCUT2D eigenvalue weighted by atomic mass is 10.1. The number of esters is 1. The number of hydrogen-bond acceptors (Lipinski definition) is 7. The molecular weight excluding hydrogens is 440 g/mol. The first-order valence-corrected chi connectivity index (χ1v) is 12.0. The van der Waals surface area contributed by atoms with Gasteiger partial charge < -0.3 is 14.1 Å². The zero-order chi connectivity index (χ0) is 22.2. The third kappa shape index (κ3) is 4.23. The second kappa shape index (κ2) is 8.45. The Balaban J connectivity index is 1.40. The summed E-state index contributed by atoms with van der Waals surface area (Å²) >= 11 is 0.984. The first-order valence-electron chi connectivity index (χ1n) is 9.71. The Kier molecular flexibility index (Phi) is 5.87. The summed E-state index contributed by atoms with van der Waals surface area (Å²) in [7, 11) is -2.48. The summed E-state index contributed by atoms with van der Waals surface area (Å²) in [6.07, 6.45) is 1.81. The lowest BCUT2D eigenvalue weighted by molar-refractivity contribution is -0.131. The largest absolute Gasteiger partial charge is 0.465 e. The van der Waals surface area contributed by atoms with Crippen LogP contribution in [0.25, 0.3) is 11.0 Å². The van der Waals surface area contributed by atoms with E-state index in [4.69, 9.17) is 4.42 Å². The van der Waals surface area contributed by atoms with Crippen LogP contribution in [0.4, 0.5) is 0 Å². The van der Waals surface area contributed by atoms with Crippen molar-refractivity contribution in [2.75, 3.05) is 33.3 Å². The van der Waals surface area contributed by atoms with Crippen molar-refractivity contribution < 1.29 is 27.2 Å². The highest BCUT2D eigenvalue weighted by Gasteiger charge is 2.32. The normalized spacial score (nSPS) is 15.4. The number of ether oxygens (including phenoxy) is 1. The van der Waals surface area contributed by atoms with Gasteiger partial charge in [0.2, 0.25) is 5.91 Å². The standard InChI is InChI=1S/C21H22N2O6S2/c1-14-3-4-17-15(12-29-18(17)9-14)10-19(24)22-5-7-23(8-6-22)31(26,27)20-11-16(13-30-20)21(25)28-2/h3-4,9,11-13H,5-8,10H2,1-2H3. The second-order valence-electron chi connectivity index (χ2n) is 7.37. The van der Waals surface area contributed by atoms with Gasteiger partial charge in [0.25, 0.3) is 10.0 Å². The number of nitrogens with zero attached hydrogens (tertiary/aromatic N) is 2. The van der Waals surface area contributed by atoms with Crippen LogP contribution in [0.1, 0.15) is 21.5 Å². The maximum absolute atomic E-state index is 12.9. The molecule has 3 heterocycles. The van der Waals surface area contributed by atoms with Crippen LogP contribution >= 0.6 is 11.3 Å². The fourth-order valence-electron chi connectivity index (χ4n) is 3.58. The molecule has 31 heavy (non-hydrogen) atoms. The van der Waals surface area contributed by atoms with Crippen LogP contribution in [-0.4, -0.2) is 62.8 Å². The van der Waals surface area contributed by atoms with Gasteiger partial charge in [-0.1, -0.05) is 12.1 Å². The minimum atomic E-state index is -3.72. The Labute approximate surface area is 184 Å². The summed E-state index contributed by atoms with van der Waals surface area (Å²) in [5.41, 5.74) is 2.87. The number of hydrogen-bond donors (Lipinski definition) is 0. The quantitative estimate of drug-likeness (QED) is 0.541. The Bertz CT molecular complexity index is 1240. The lowest BCUT2D eigenvalue weighted by Gasteiger charge is -2.33. The number of piperazine rings is 1. The fraction of sp³-hybridized carbons (Fsp3) is 0.333. The van der Waals surface area contributed by atoms with Crippen molar-refractivity contribution in [3.8, 4) is 0 Å². The summed E-state index contributed by atoms with van der Waals surface area (Å²) in [5, 5.41) is 2.38. The van der Waals surface area contributed by atoms with Crippen LogP contribution < -0.4 is 0 Å². The minimum Gasteiger partial charge on any atom is -0.465 e. The second-order valence-corrected chi connectivity index (χ2v) is 10.4. The topological polar surface area (TPSA) is 97.1 Å². The molecule has 0 radical (unpaired) electrons. The van der Waals surface area contributed by atoms with Gasteiger partial charge in [0, 0.05) is 42.5 Å². The third-order valence-electron chi connectivity index (χ3n) is 5.33. The molecule has 8 nitrogen and oxygen atoms in total. The number of furan rings is 1. The van der Waals surface area contributed by atoms with Crippen LogP contribution in [0.5, 0.6) is 0 Å². The molecule has 4 rings (SSSR count). The number of methoxy groups -OCH3 is 1. The molecule has 0 N–H and O–H groups in total. The van der Waals surface area contributed by atoms with Crippen molar-refractivity contribution in [2.24, 2.45) is 0 Å². The molecule has 0 spiro atoms. The number of fused-ring (bicyclic) bond motifs is 1. The Hall–Kier alpha value is -2.69. The molecule has 0 bridgehead atoms. The molecule has 0 unspecified atom stereocenters. The average Bonchev–Trinajstić information content (AvgIpc) is 3.41. The number of carbonyl (C=O) groups is 2. The van der Waals surface area contributed by atoms with E-state index >= 15 is 0 Å². The highest BCUT2D eigenvalue weighted by Crippen LogP contribution is 2.26. The molecule has 0 atom stereocenters. The van der Waals surface area contributed by atoms with E-state index in [1.165, 1.54) is 22.9 Å². The van der Waals surface area contributed by atoms with E-state index in [0.29, 0.717) is 13.1 Å². The maximum atomic E-state index is 12.9. The molecule has 0 saturated carbocycles. The summed E-state index contributed by atoms with van der Waals surface area (Å²) in [4.78, 5) is 26.1. The predicted octanol–water partition coefficient (Wildman–Crippen LogP) is 2.66. The third-order valence-corrected chi connectivity index (χ3v) is 8.65. The molecule has 1 aromatic carbocycles. The van der Waals surface area contributed by atoms with Gasteiger partial charge in [-0.05, 0) is 24.6 Å². The Morgan fingerprint density at radius 1 is 1.16 bits per heavy atom. The van der Waals surface area contributed by atoms with Gasteiger partial charge in [-0.15, -0.1) is 11.3 Å². The number of benzene rings is 1. The molecular formula is C21H22N2O6S2. The van der Waals surface area contributed by atoms with Crippen molar-refractivity contribution in [1.29, 1.82) is 0 Å². The van der Waals surface area contributed by atoms with Gasteiger partial charge in [0.15, 0.2) is 0 Å². The molecule has 2 aromatic heterocycles. The molecule has 1 amide bonds. The Morgan fingerprint density at radius 2 is 1.90 bits per heavy atom. The summed E-state index contributed by atoms with van der Waals surface area (Å²) in [6, 6.07) is 7.19. The van der Waals surface area contributed by atoms with E-state index in [-0.39, 0.29) is 35.2 Å². The van der Waals surface area contributed by atoms with Gasteiger partial charge in [-0.2, -0.15) is 4.31 Å². The summed E-state index contributed by atoms with van der Waals surface area (Å²) in [5.74, 6) is -0.639. The van der Waals surface area contributed by atoms with Gasteiger partial charge in [0.05, 0.1) is 25.4 Å². The van der Waals surface area contributed by atoms with Crippen molar-refractivity contribution in [2.45, 2.75) is 17.6 Å². The zero-order valence-electron chi connectivity index (χ0n) is 17.2. The van der Waals surface area contributed by atoms with Gasteiger partial charge in [-0.3, -0.25) is 4.79 Å². The van der Waals surface area contributed by atoms with Crippen LogP contribution in [0.2, 0.25) is 0 Å². The van der Waals surface area contributed by atoms with E-state index in [1.807, 2.05) is 25.1 Å². The van der Waals surface area contributed by atoms with Crippen molar-refractivity contribution in [1.82, 2.24) is 9.21 Å². The van der Waals surface area contributed by atoms with E-state index in [2.05, 4.69) is 4.74 Å². The molecule has 1 saturated heterocycles. The fourth-order valence-corrected chi connectivity index (χ4v) is 6.31. The summed E-state index contributed by atoms with van der Waals surface area (Å²) < 4.78 is 37.4. The van der Waals surface area contributed by atoms with E-state index in [1.54, 1.807) is 11.2 Å². The van der Waals surface area contributed by atoms with E-state index in [0.717, 1.165) is 33.4 Å². The first kappa shape index (κ1) is 21.5. The average molecular weight is 463 g/mol. The monoisotopic (exact) mass is 462 g/mol. The number of thiophene rings is 1. The predicted molar refractivity (Wildman–Crippen MR) is 116 cm³/mol. The number of rotatable bonds is 5. The van der Waals surface area contributed by atoms with E-state index < -0.39 is 16.0 Å². The molecule has 1 aliphatic rings. The van der Waals surface area contributed by atoms with Crippen LogP contribution in [0.3, 0.4) is 0 Å². The van der Waals surface area contributed by atoms with E-state index in [9.17, 15) is 18.0 Å². The molecule has 1 fully saturated rings. The highest BCUT2D eigenvalue weighted by atomic mass is 32.2. The zero-order valence-corrected chi connectivity index (χ0v) is 18.8. The number of carbonyl (C=O) groups excluding carboxylic acids is 2. The highest BCUT2D eigenvalue weighted by molar-refractivity contribution is 7.91. The SMILES string of the molecule is COC(=O)c1csc(S(=O)(=O)N2CCN(C(=O)Cc3coc4cc(C)ccc34)CC2)c1. The van der Waals surface area contributed by atoms with Crippen molar-refractivity contribution >= 4 is 44.2 Å². The van der Waals surface area contributed by atoms with Gasteiger partial charge in [-0.25, -0.2) is 13.2 Å².